The van der Waals surface area contributed by atoms with Crippen LogP contribution in [0.3, 0.4) is 0 Å². The molecular weight excluding hydrogens is 408 g/mol. The molecule has 4 rings (SSSR count). The summed E-state index contributed by atoms with van der Waals surface area (Å²) in [6.45, 7) is 1.73. The van der Waals surface area contributed by atoms with Gasteiger partial charge in [-0.3, -0.25) is 9.20 Å². The first-order chi connectivity index (χ1) is 14.5. The van der Waals surface area contributed by atoms with Crippen molar-refractivity contribution >= 4 is 34.9 Å². The Morgan fingerprint density at radius 3 is 2.80 bits per heavy atom. The van der Waals surface area contributed by atoms with Crippen LogP contribution in [0.1, 0.15) is 21.7 Å². The van der Waals surface area contributed by atoms with Crippen LogP contribution in [0.25, 0.3) is 5.65 Å². The number of rotatable bonds is 6. The minimum Gasteiger partial charge on any atom is -0.452 e. The first-order valence-corrected chi connectivity index (χ1v) is 9.42. The van der Waals surface area contributed by atoms with Gasteiger partial charge in [0.05, 0.1) is 18.3 Å². The van der Waals surface area contributed by atoms with E-state index < -0.39 is 18.5 Å². The monoisotopic (exact) mass is 424 g/mol. The van der Waals surface area contributed by atoms with Crippen LogP contribution in [0.5, 0.6) is 0 Å². The highest BCUT2D eigenvalue weighted by Crippen LogP contribution is 2.18. The van der Waals surface area contributed by atoms with E-state index in [9.17, 15) is 9.59 Å². The first-order valence-electron chi connectivity index (χ1n) is 9.05. The molecule has 0 radical (unpaired) electrons. The predicted octanol–water partition coefficient (Wildman–Crippen LogP) is 2.73. The summed E-state index contributed by atoms with van der Waals surface area (Å²) in [5.41, 5.74) is 1.78. The normalized spacial score (nSPS) is 10.9. The maximum Gasteiger partial charge on any atom is 0.340 e. The summed E-state index contributed by atoms with van der Waals surface area (Å²) in [7, 11) is 0. The lowest BCUT2D eigenvalue weighted by molar-refractivity contribution is -0.119. The van der Waals surface area contributed by atoms with Crippen LogP contribution in [0.15, 0.2) is 54.9 Å². The topological polar surface area (TPSA) is 103 Å². The van der Waals surface area contributed by atoms with E-state index in [2.05, 4.69) is 20.6 Å². The molecule has 0 bridgehead atoms. The molecule has 3 heterocycles. The number of fused-ring (bicyclic) bond motifs is 1. The van der Waals surface area contributed by atoms with Crippen LogP contribution in [0.2, 0.25) is 5.02 Å². The van der Waals surface area contributed by atoms with Crippen LogP contribution in [0, 0.1) is 6.92 Å². The summed E-state index contributed by atoms with van der Waals surface area (Å²) < 4.78 is 8.40. The maximum absolute atomic E-state index is 12.3. The van der Waals surface area contributed by atoms with Gasteiger partial charge in [-0.05, 0) is 30.7 Å². The highest BCUT2D eigenvalue weighted by molar-refractivity contribution is 6.31. The second-order valence-electron chi connectivity index (χ2n) is 6.48. The van der Waals surface area contributed by atoms with Gasteiger partial charge < -0.3 is 10.1 Å². The van der Waals surface area contributed by atoms with Gasteiger partial charge in [0.1, 0.15) is 11.6 Å². The number of esters is 1. The van der Waals surface area contributed by atoms with Gasteiger partial charge in [-0.25, -0.2) is 9.48 Å². The highest BCUT2D eigenvalue weighted by atomic mass is 35.5. The number of halogens is 1. The number of aryl methyl sites for hydroxylation is 1. The average Bonchev–Trinajstić information content (AvgIpc) is 3.34. The Kier molecular flexibility index (Phi) is 5.44. The zero-order chi connectivity index (χ0) is 21.1. The smallest absolute Gasteiger partial charge is 0.340 e. The second kappa shape index (κ2) is 8.34. The van der Waals surface area contributed by atoms with E-state index in [1.807, 2.05) is 18.2 Å². The molecule has 0 aliphatic heterocycles. The molecule has 0 fully saturated rings. The number of amides is 1. The number of benzene rings is 1. The van der Waals surface area contributed by atoms with E-state index >= 15 is 0 Å². The molecule has 0 aliphatic carbocycles. The van der Waals surface area contributed by atoms with E-state index in [1.54, 1.807) is 52.7 Å². The van der Waals surface area contributed by atoms with Crippen molar-refractivity contribution in [2.45, 2.75) is 13.5 Å². The molecule has 1 N–H and O–H groups in total. The standard InChI is InChI=1S/C20H17ClN6O3/c1-13-24-25-18-7-6-15(10-26(13)18)20(29)30-12-19(28)23-17-8-9-22-27(17)11-14-4-2-3-5-16(14)21/h2-10H,11-12H2,1H3,(H,23,28). The van der Waals surface area contributed by atoms with Crippen molar-refractivity contribution in [2.24, 2.45) is 0 Å². The fourth-order valence-corrected chi connectivity index (χ4v) is 3.07. The zero-order valence-corrected chi connectivity index (χ0v) is 16.7. The Hall–Kier alpha value is -3.72. The lowest BCUT2D eigenvalue weighted by Crippen LogP contribution is -2.23. The highest BCUT2D eigenvalue weighted by Gasteiger charge is 2.14. The van der Waals surface area contributed by atoms with Crippen molar-refractivity contribution < 1.29 is 14.3 Å². The third-order valence-electron chi connectivity index (χ3n) is 4.40. The van der Waals surface area contributed by atoms with Gasteiger partial charge in [0.25, 0.3) is 5.91 Å². The van der Waals surface area contributed by atoms with E-state index in [1.165, 1.54) is 0 Å². The Labute approximate surface area is 176 Å². The second-order valence-corrected chi connectivity index (χ2v) is 6.89. The number of carbonyl (C=O) groups excluding carboxylic acids is 2. The van der Waals surface area contributed by atoms with Gasteiger partial charge in [0.2, 0.25) is 0 Å². The number of hydrogen-bond acceptors (Lipinski definition) is 6. The van der Waals surface area contributed by atoms with E-state index in [0.29, 0.717) is 34.4 Å². The molecule has 4 aromatic rings. The molecule has 0 unspecified atom stereocenters. The zero-order valence-electron chi connectivity index (χ0n) is 15.9. The molecule has 0 atom stereocenters. The van der Waals surface area contributed by atoms with Crippen LogP contribution < -0.4 is 5.32 Å². The van der Waals surface area contributed by atoms with Gasteiger partial charge in [0, 0.05) is 17.3 Å². The van der Waals surface area contributed by atoms with E-state index in [-0.39, 0.29) is 0 Å². The Morgan fingerprint density at radius 2 is 1.97 bits per heavy atom. The number of aromatic nitrogens is 5. The van der Waals surface area contributed by atoms with Crippen molar-refractivity contribution in [1.29, 1.82) is 0 Å². The fourth-order valence-electron chi connectivity index (χ4n) is 2.87. The van der Waals surface area contributed by atoms with Crippen molar-refractivity contribution in [3.63, 3.8) is 0 Å². The molecule has 0 spiro atoms. The molecule has 0 aliphatic rings. The number of pyridine rings is 1. The number of nitrogens with one attached hydrogen (secondary N) is 1. The summed E-state index contributed by atoms with van der Waals surface area (Å²) in [5.74, 6) is 0.0113. The number of hydrogen-bond donors (Lipinski definition) is 1. The summed E-state index contributed by atoms with van der Waals surface area (Å²) in [6, 6.07) is 12.3. The minimum absolute atomic E-state index is 0.293. The number of carbonyl (C=O) groups is 2. The molecule has 30 heavy (non-hydrogen) atoms. The third kappa shape index (κ3) is 4.15. The number of anilines is 1. The predicted molar refractivity (Wildman–Crippen MR) is 109 cm³/mol. The van der Waals surface area contributed by atoms with Crippen LogP contribution >= 0.6 is 11.6 Å². The van der Waals surface area contributed by atoms with Gasteiger partial charge in [-0.2, -0.15) is 5.10 Å². The van der Waals surface area contributed by atoms with Crippen LogP contribution in [0.4, 0.5) is 5.82 Å². The lowest BCUT2D eigenvalue weighted by atomic mass is 10.2. The average molecular weight is 425 g/mol. The van der Waals surface area contributed by atoms with Crippen molar-refractivity contribution in [3.8, 4) is 0 Å². The van der Waals surface area contributed by atoms with Crippen LogP contribution in [-0.4, -0.2) is 42.9 Å². The molecule has 10 heteroatoms. The lowest BCUT2D eigenvalue weighted by Gasteiger charge is -2.10. The molecule has 0 saturated heterocycles. The Morgan fingerprint density at radius 1 is 1.13 bits per heavy atom. The summed E-state index contributed by atoms with van der Waals surface area (Å²) in [6.07, 6.45) is 3.14. The summed E-state index contributed by atoms with van der Waals surface area (Å²) in [5, 5.41) is 15.4. The molecule has 1 aromatic carbocycles. The number of ether oxygens (including phenoxy) is 1. The fraction of sp³-hybridized carbons (Fsp3) is 0.150. The minimum atomic E-state index is -0.621. The van der Waals surface area contributed by atoms with Gasteiger partial charge in [-0.1, -0.05) is 29.8 Å². The van der Waals surface area contributed by atoms with Gasteiger partial charge in [0.15, 0.2) is 12.3 Å². The maximum atomic E-state index is 12.3. The SMILES string of the molecule is Cc1nnc2ccc(C(=O)OCC(=O)Nc3ccnn3Cc3ccccc3Cl)cn12. The number of nitrogens with zero attached hydrogens (tertiary/aromatic N) is 5. The molecular formula is C20H17ClN6O3. The molecule has 0 saturated carbocycles. The van der Waals surface area contributed by atoms with Crippen LogP contribution in [-0.2, 0) is 16.1 Å². The molecule has 9 nitrogen and oxygen atoms in total. The Balaban J connectivity index is 1.37. The van der Waals surface area contributed by atoms with E-state index in [4.69, 9.17) is 16.3 Å². The van der Waals surface area contributed by atoms with E-state index in [0.717, 1.165) is 5.56 Å². The van der Waals surface area contributed by atoms with Crippen molar-refractivity contribution in [3.05, 3.63) is 76.8 Å². The Bertz CT molecular complexity index is 1230. The van der Waals surface area contributed by atoms with Crippen molar-refractivity contribution in [1.82, 2.24) is 24.4 Å². The third-order valence-corrected chi connectivity index (χ3v) is 4.77. The summed E-state index contributed by atoms with van der Waals surface area (Å²) >= 11 is 6.19. The quantitative estimate of drug-likeness (QED) is 0.477. The van der Waals surface area contributed by atoms with Gasteiger partial charge in [-0.15, -0.1) is 10.2 Å². The largest absolute Gasteiger partial charge is 0.452 e. The van der Waals surface area contributed by atoms with Crippen molar-refractivity contribution in [2.75, 3.05) is 11.9 Å². The molecule has 1 amide bonds. The van der Waals surface area contributed by atoms with Gasteiger partial charge >= 0.3 is 5.97 Å². The first kappa shape index (κ1) is 19.6. The summed E-state index contributed by atoms with van der Waals surface area (Å²) in [4.78, 5) is 24.5. The molecule has 152 valence electrons. The molecule has 3 aromatic heterocycles.